The van der Waals surface area contributed by atoms with Crippen LogP contribution in [0.5, 0.6) is 0 Å². The van der Waals surface area contributed by atoms with Gasteiger partial charge < -0.3 is 9.31 Å². The second-order valence-corrected chi connectivity index (χ2v) is 5.92. The molecule has 1 aromatic heterocycles. The molecule has 0 unspecified atom stereocenters. The van der Waals surface area contributed by atoms with E-state index in [0.717, 1.165) is 18.3 Å². The van der Waals surface area contributed by atoms with Crippen LogP contribution in [0.1, 0.15) is 39.0 Å². The van der Waals surface area contributed by atoms with Crippen LogP contribution in [-0.2, 0) is 21.8 Å². The third kappa shape index (κ3) is 2.98. The maximum Gasteiger partial charge on any atom is 0.464 e. The van der Waals surface area contributed by atoms with Gasteiger partial charge in [-0.05, 0) is 39.8 Å². The minimum atomic E-state index is -4.37. The first-order chi connectivity index (χ1) is 9.01. The van der Waals surface area contributed by atoms with Gasteiger partial charge in [-0.25, -0.2) is 0 Å². The predicted molar refractivity (Wildman–Crippen MR) is 69.0 cm³/mol. The first-order valence-electron chi connectivity index (χ1n) is 6.39. The maximum atomic E-state index is 12.6. The standard InChI is InChI=1S/C13H17BF3NO2/c1-11(2)12(3,4)20-14(19-11)8-10-7-9(5-6-18-10)13(15,16)17/h5-7H,8H2,1-4H3. The number of halogens is 3. The Balaban J connectivity index is 2.13. The van der Waals surface area contributed by atoms with Crippen LogP contribution >= 0.6 is 0 Å². The molecule has 2 heterocycles. The quantitative estimate of drug-likeness (QED) is 0.782. The van der Waals surface area contributed by atoms with Crippen LogP contribution in [0, 0.1) is 0 Å². The molecule has 110 valence electrons. The summed E-state index contributed by atoms with van der Waals surface area (Å²) < 4.78 is 49.4. The number of aromatic nitrogens is 1. The monoisotopic (exact) mass is 287 g/mol. The molecular formula is C13H17BF3NO2. The van der Waals surface area contributed by atoms with E-state index in [4.69, 9.17) is 9.31 Å². The molecule has 0 spiro atoms. The Hall–Kier alpha value is -1.08. The lowest BCUT2D eigenvalue weighted by molar-refractivity contribution is -0.137. The van der Waals surface area contributed by atoms with Gasteiger partial charge >= 0.3 is 13.3 Å². The van der Waals surface area contributed by atoms with E-state index in [1.54, 1.807) is 0 Å². The van der Waals surface area contributed by atoms with Crippen LogP contribution in [0.3, 0.4) is 0 Å². The lowest BCUT2D eigenvalue weighted by atomic mass is 9.82. The summed E-state index contributed by atoms with van der Waals surface area (Å²) in [7, 11) is -0.587. The fourth-order valence-corrected chi connectivity index (χ4v) is 1.99. The molecule has 0 aliphatic carbocycles. The number of alkyl halides is 3. The molecular weight excluding hydrogens is 270 g/mol. The molecule has 1 aromatic rings. The molecule has 0 N–H and O–H groups in total. The van der Waals surface area contributed by atoms with Crippen molar-refractivity contribution in [3.05, 3.63) is 29.6 Å². The van der Waals surface area contributed by atoms with Crippen LogP contribution in [0.25, 0.3) is 0 Å². The van der Waals surface area contributed by atoms with Crippen molar-refractivity contribution in [2.45, 2.75) is 51.4 Å². The Morgan fingerprint density at radius 3 is 2.20 bits per heavy atom. The highest BCUT2D eigenvalue weighted by Gasteiger charge is 2.51. The Morgan fingerprint density at radius 2 is 1.70 bits per heavy atom. The summed E-state index contributed by atoms with van der Waals surface area (Å²) in [5, 5.41) is 0. The number of hydrogen-bond donors (Lipinski definition) is 0. The zero-order valence-electron chi connectivity index (χ0n) is 11.9. The zero-order valence-corrected chi connectivity index (χ0v) is 11.9. The molecule has 0 bridgehead atoms. The molecule has 0 amide bonds. The molecule has 1 saturated heterocycles. The first kappa shape index (κ1) is 15.3. The van der Waals surface area contributed by atoms with Gasteiger partial charge in [0.25, 0.3) is 0 Å². The van der Waals surface area contributed by atoms with E-state index >= 15 is 0 Å². The number of hydrogen-bond acceptors (Lipinski definition) is 3. The Kier molecular flexibility index (Phi) is 3.63. The van der Waals surface area contributed by atoms with E-state index < -0.39 is 30.1 Å². The highest BCUT2D eigenvalue weighted by molar-refractivity contribution is 6.44. The Bertz CT molecular complexity index is 487. The summed E-state index contributed by atoms with van der Waals surface area (Å²) in [6.07, 6.45) is -3.02. The lowest BCUT2D eigenvalue weighted by Crippen LogP contribution is -2.41. The zero-order chi connectivity index (χ0) is 15.2. The van der Waals surface area contributed by atoms with Gasteiger partial charge in [-0.3, -0.25) is 4.98 Å². The number of rotatable bonds is 2. The fraction of sp³-hybridized carbons (Fsp3) is 0.615. The molecule has 3 nitrogen and oxygen atoms in total. The summed E-state index contributed by atoms with van der Waals surface area (Å²) in [4.78, 5) is 3.95. The largest absolute Gasteiger partial charge is 0.464 e. The third-order valence-corrected chi connectivity index (χ3v) is 3.82. The van der Waals surface area contributed by atoms with E-state index in [-0.39, 0.29) is 6.32 Å². The summed E-state index contributed by atoms with van der Waals surface area (Å²) in [6, 6.07) is 1.98. The van der Waals surface area contributed by atoms with Gasteiger partial charge in [0.05, 0.1) is 16.8 Å². The molecule has 1 aliphatic heterocycles. The molecule has 1 fully saturated rings. The second-order valence-electron chi connectivity index (χ2n) is 5.92. The van der Waals surface area contributed by atoms with E-state index in [1.165, 1.54) is 0 Å². The molecule has 0 saturated carbocycles. The predicted octanol–water partition coefficient (Wildman–Crippen LogP) is 3.27. The van der Waals surface area contributed by atoms with Gasteiger partial charge in [-0.1, -0.05) is 0 Å². The van der Waals surface area contributed by atoms with Gasteiger partial charge in [0, 0.05) is 18.2 Å². The van der Waals surface area contributed by atoms with E-state index in [9.17, 15) is 13.2 Å². The molecule has 0 radical (unpaired) electrons. The summed E-state index contributed by atoms with van der Waals surface area (Å²) in [6.45, 7) is 7.58. The first-order valence-corrected chi connectivity index (χ1v) is 6.39. The van der Waals surface area contributed by atoms with Gasteiger partial charge in [-0.15, -0.1) is 0 Å². The van der Waals surface area contributed by atoms with Crippen LogP contribution in [0.2, 0.25) is 0 Å². The Labute approximate surface area is 116 Å². The molecule has 2 rings (SSSR count). The highest BCUT2D eigenvalue weighted by Crippen LogP contribution is 2.37. The molecule has 1 aliphatic rings. The number of pyridine rings is 1. The van der Waals surface area contributed by atoms with E-state index in [2.05, 4.69) is 4.98 Å². The van der Waals surface area contributed by atoms with Crippen molar-refractivity contribution in [3.63, 3.8) is 0 Å². The van der Waals surface area contributed by atoms with E-state index in [0.29, 0.717) is 5.69 Å². The third-order valence-electron chi connectivity index (χ3n) is 3.82. The van der Waals surface area contributed by atoms with Crippen molar-refractivity contribution in [1.82, 2.24) is 4.98 Å². The smallest absolute Gasteiger partial charge is 0.403 e. The van der Waals surface area contributed by atoms with Crippen LogP contribution in [-0.4, -0.2) is 23.3 Å². The molecule has 20 heavy (non-hydrogen) atoms. The van der Waals surface area contributed by atoms with Crippen LogP contribution < -0.4 is 0 Å². The van der Waals surface area contributed by atoms with Crippen LogP contribution in [0.4, 0.5) is 13.2 Å². The van der Waals surface area contributed by atoms with Crippen molar-refractivity contribution >= 4 is 7.12 Å². The van der Waals surface area contributed by atoms with E-state index in [1.807, 2.05) is 27.7 Å². The van der Waals surface area contributed by atoms with Crippen LogP contribution in [0.15, 0.2) is 18.3 Å². The van der Waals surface area contributed by atoms with Gasteiger partial charge in [0.1, 0.15) is 0 Å². The second kappa shape index (κ2) is 4.74. The van der Waals surface area contributed by atoms with Gasteiger partial charge in [0.2, 0.25) is 0 Å². The number of nitrogens with zero attached hydrogens (tertiary/aromatic N) is 1. The normalized spacial score (nSPS) is 21.2. The van der Waals surface area contributed by atoms with Crippen molar-refractivity contribution < 1.29 is 22.5 Å². The average Bonchev–Trinajstić information content (AvgIpc) is 2.46. The average molecular weight is 287 g/mol. The van der Waals surface area contributed by atoms with Gasteiger partial charge in [0.15, 0.2) is 0 Å². The SMILES string of the molecule is CC1(C)OB(Cc2cc(C(F)(F)F)ccn2)OC1(C)C. The van der Waals surface area contributed by atoms with Gasteiger partial charge in [-0.2, -0.15) is 13.2 Å². The lowest BCUT2D eigenvalue weighted by Gasteiger charge is -2.32. The summed E-state index contributed by atoms with van der Waals surface area (Å²) in [5.74, 6) is 0. The fourth-order valence-electron chi connectivity index (χ4n) is 1.99. The van der Waals surface area contributed by atoms with Crippen molar-refractivity contribution in [3.8, 4) is 0 Å². The molecule has 7 heteroatoms. The summed E-state index contributed by atoms with van der Waals surface area (Å²) >= 11 is 0. The minimum absolute atomic E-state index is 0.191. The maximum absolute atomic E-state index is 12.6. The minimum Gasteiger partial charge on any atom is -0.403 e. The van der Waals surface area contributed by atoms with Crippen molar-refractivity contribution in [2.75, 3.05) is 0 Å². The topological polar surface area (TPSA) is 31.4 Å². The molecule has 0 aromatic carbocycles. The van der Waals surface area contributed by atoms with Crippen molar-refractivity contribution in [2.24, 2.45) is 0 Å². The Morgan fingerprint density at radius 1 is 1.15 bits per heavy atom. The van der Waals surface area contributed by atoms with Crippen molar-refractivity contribution in [1.29, 1.82) is 0 Å². The molecule has 0 atom stereocenters. The highest BCUT2D eigenvalue weighted by atomic mass is 19.4. The summed E-state index contributed by atoms with van der Waals surface area (Å²) in [5.41, 5.74) is -1.41.